The zero-order chi connectivity index (χ0) is 18.7. The van der Waals surface area contributed by atoms with E-state index in [-0.39, 0.29) is 10.6 Å². The van der Waals surface area contributed by atoms with E-state index in [1.165, 1.54) is 25.8 Å². The Hall–Kier alpha value is -2.05. The molecule has 0 amide bonds. The first kappa shape index (κ1) is 19.3. The van der Waals surface area contributed by atoms with E-state index in [1.807, 2.05) is 45.0 Å². The summed E-state index contributed by atoms with van der Waals surface area (Å²) in [5.41, 5.74) is 1.57. The number of aryl methyl sites for hydroxylation is 1. The number of sulfonamides is 1. The van der Waals surface area contributed by atoms with Crippen molar-refractivity contribution < 1.29 is 17.9 Å². The molecular formula is C19H25NO4S. The highest BCUT2D eigenvalue weighted by Crippen LogP contribution is 2.29. The van der Waals surface area contributed by atoms with Crippen LogP contribution in [0.25, 0.3) is 0 Å². The van der Waals surface area contributed by atoms with E-state index < -0.39 is 15.6 Å². The minimum Gasteiger partial charge on any atom is -0.497 e. The Labute approximate surface area is 150 Å². The van der Waals surface area contributed by atoms with Gasteiger partial charge in [0.1, 0.15) is 16.4 Å². The fourth-order valence-electron chi connectivity index (χ4n) is 2.67. The lowest BCUT2D eigenvalue weighted by atomic mass is 9.96. The van der Waals surface area contributed by atoms with Crippen molar-refractivity contribution in [3.05, 3.63) is 53.6 Å². The summed E-state index contributed by atoms with van der Waals surface area (Å²) < 4.78 is 38.9. The SMILES string of the molecule is COc1ccc(OC)c(S(=O)(=O)NC(C)(C)Cc2ccc(C)cc2)c1. The van der Waals surface area contributed by atoms with Crippen LogP contribution in [0, 0.1) is 6.92 Å². The van der Waals surface area contributed by atoms with Crippen LogP contribution in [0.2, 0.25) is 0 Å². The first-order chi connectivity index (χ1) is 11.7. The molecule has 0 saturated carbocycles. The fourth-order valence-corrected chi connectivity index (χ4v) is 4.26. The first-order valence-electron chi connectivity index (χ1n) is 7.98. The third-order valence-corrected chi connectivity index (χ3v) is 5.56. The lowest BCUT2D eigenvalue weighted by Crippen LogP contribution is -2.45. The second-order valence-electron chi connectivity index (χ2n) is 6.67. The van der Waals surface area contributed by atoms with Crippen molar-refractivity contribution in [3.63, 3.8) is 0 Å². The summed E-state index contributed by atoms with van der Waals surface area (Å²) in [6, 6.07) is 12.8. The van der Waals surface area contributed by atoms with Crippen molar-refractivity contribution in [3.8, 4) is 11.5 Å². The summed E-state index contributed by atoms with van der Waals surface area (Å²) in [4.78, 5) is 0.0614. The van der Waals surface area contributed by atoms with Crippen molar-refractivity contribution in [2.24, 2.45) is 0 Å². The molecule has 25 heavy (non-hydrogen) atoms. The highest BCUT2D eigenvalue weighted by molar-refractivity contribution is 7.89. The number of methoxy groups -OCH3 is 2. The predicted octanol–water partition coefficient (Wildman–Crippen LogP) is 3.31. The largest absolute Gasteiger partial charge is 0.497 e. The Balaban J connectivity index is 2.29. The molecule has 0 atom stereocenters. The van der Waals surface area contributed by atoms with Crippen LogP contribution in [0.15, 0.2) is 47.4 Å². The van der Waals surface area contributed by atoms with Gasteiger partial charge in [-0.1, -0.05) is 29.8 Å². The first-order valence-corrected chi connectivity index (χ1v) is 9.47. The van der Waals surface area contributed by atoms with Crippen LogP contribution < -0.4 is 14.2 Å². The van der Waals surface area contributed by atoms with E-state index in [0.717, 1.165) is 5.56 Å². The Morgan fingerprint density at radius 2 is 1.64 bits per heavy atom. The molecule has 0 spiro atoms. The van der Waals surface area contributed by atoms with Crippen molar-refractivity contribution >= 4 is 10.0 Å². The number of rotatable bonds is 7. The molecule has 0 saturated heterocycles. The molecule has 0 bridgehead atoms. The molecule has 5 nitrogen and oxygen atoms in total. The summed E-state index contributed by atoms with van der Waals surface area (Å²) in [5, 5.41) is 0. The van der Waals surface area contributed by atoms with Crippen LogP contribution in [0.1, 0.15) is 25.0 Å². The fraction of sp³-hybridized carbons (Fsp3) is 0.368. The van der Waals surface area contributed by atoms with Crippen LogP contribution in [0.4, 0.5) is 0 Å². The van der Waals surface area contributed by atoms with Gasteiger partial charge in [0.25, 0.3) is 0 Å². The summed E-state index contributed by atoms with van der Waals surface area (Å²) in [5.74, 6) is 0.733. The van der Waals surface area contributed by atoms with Crippen molar-refractivity contribution in [2.75, 3.05) is 14.2 Å². The molecule has 136 valence electrons. The van der Waals surface area contributed by atoms with Crippen molar-refractivity contribution in [1.29, 1.82) is 0 Å². The van der Waals surface area contributed by atoms with Gasteiger partial charge in [-0.25, -0.2) is 13.1 Å². The number of ether oxygens (including phenoxy) is 2. The third-order valence-electron chi connectivity index (χ3n) is 3.84. The zero-order valence-electron chi connectivity index (χ0n) is 15.3. The molecule has 2 rings (SSSR count). The molecule has 2 aromatic rings. The van der Waals surface area contributed by atoms with Crippen LogP contribution in [0.3, 0.4) is 0 Å². The zero-order valence-corrected chi connectivity index (χ0v) is 16.1. The summed E-state index contributed by atoms with van der Waals surface area (Å²) in [6.45, 7) is 5.74. The van der Waals surface area contributed by atoms with Gasteiger partial charge >= 0.3 is 0 Å². The number of benzene rings is 2. The van der Waals surface area contributed by atoms with E-state index in [4.69, 9.17) is 9.47 Å². The second kappa shape index (κ2) is 7.45. The summed E-state index contributed by atoms with van der Waals surface area (Å²) in [7, 11) is -0.841. The molecule has 0 aliphatic heterocycles. The van der Waals surface area contributed by atoms with Gasteiger partial charge in [0.05, 0.1) is 14.2 Å². The Morgan fingerprint density at radius 1 is 1.00 bits per heavy atom. The lowest BCUT2D eigenvalue weighted by Gasteiger charge is -2.26. The van der Waals surface area contributed by atoms with Gasteiger partial charge in [0.2, 0.25) is 10.0 Å². The van der Waals surface area contributed by atoms with Gasteiger partial charge in [-0.05, 0) is 44.9 Å². The average molecular weight is 363 g/mol. The van der Waals surface area contributed by atoms with Gasteiger partial charge in [-0.2, -0.15) is 0 Å². The maximum atomic E-state index is 12.9. The normalized spacial score (nSPS) is 12.0. The molecule has 2 aromatic carbocycles. The van der Waals surface area contributed by atoms with Gasteiger partial charge in [-0.3, -0.25) is 0 Å². The highest BCUT2D eigenvalue weighted by atomic mass is 32.2. The van der Waals surface area contributed by atoms with Crippen LogP contribution in [0.5, 0.6) is 11.5 Å². The highest BCUT2D eigenvalue weighted by Gasteiger charge is 2.29. The van der Waals surface area contributed by atoms with Crippen LogP contribution in [-0.4, -0.2) is 28.2 Å². The van der Waals surface area contributed by atoms with Crippen molar-refractivity contribution in [1.82, 2.24) is 4.72 Å². The molecule has 0 unspecified atom stereocenters. The third kappa shape index (κ3) is 4.96. The molecule has 1 N–H and O–H groups in total. The quantitative estimate of drug-likeness (QED) is 0.820. The van der Waals surface area contributed by atoms with E-state index in [1.54, 1.807) is 12.1 Å². The molecule has 0 fully saturated rings. The van der Waals surface area contributed by atoms with Gasteiger partial charge in [0, 0.05) is 11.6 Å². The number of hydrogen-bond donors (Lipinski definition) is 1. The molecule has 0 heterocycles. The minimum atomic E-state index is -3.78. The van der Waals surface area contributed by atoms with E-state index >= 15 is 0 Å². The maximum absolute atomic E-state index is 12.9. The molecule has 6 heteroatoms. The maximum Gasteiger partial charge on any atom is 0.244 e. The van der Waals surface area contributed by atoms with Crippen molar-refractivity contribution in [2.45, 2.75) is 37.6 Å². The molecular weight excluding hydrogens is 338 g/mol. The van der Waals surface area contributed by atoms with Crippen LogP contribution in [-0.2, 0) is 16.4 Å². The van der Waals surface area contributed by atoms with Gasteiger partial charge in [-0.15, -0.1) is 0 Å². The van der Waals surface area contributed by atoms with Gasteiger partial charge < -0.3 is 9.47 Å². The topological polar surface area (TPSA) is 64.6 Å². The van der Waals surface area contributed by atoms with E-state index in [2.05, 4.69) is 4.72 Å². The molecule has 0 aliphatic carbocycles. The second-order valence-corrected chi connectivity index (χ2v) is 8.32. The Kier molecular flexibility index (Phi) is 5.75. The Morgan fingerprint density at radius 3 is 2.20 bits per heavy atom. The summed E-state index contributed by atoms with van der Waals surface area (Å²) in [6.07, 6.45) is 0.568. The van der Waals surface area contributed by atoms with E-state index in [0.29, 0.717) is 12.2 Å². The predicted molar refractivity (Wildman–Crippen MR) is 98.8 cm³/mol. The smallest absolute Gasteiger partial charge is 0.244 e. The minimum absolute atomic E-state index is 0.0614. The number of nitrogens with one attached hydrogen (secondary N) is 1. The summed E-state index contributed by atoms with van der Waals surface area (Å²) >= 11 is 0. The molecule has 0 radical (unpaired) electrons. The van der Waals surface area contributed by atoms with Crippen LogP contribution >= 0.6 is 0 Å². The lowest BCUT2D eigenvalue weighted by molar-refractivity contribution is 0.390. The van der Waals surface area contributed by atoms with Gasteiger partial charge in [0.15, 0.2) is 0 Å². The average Bonchev–Trinajstić information content (AvgIpc) is 2.55. The molecule has 0 aliphatic rings. The molecule has 0 aromatic heterocycles. The monoisotopic (exact) mass is 363 g/mol. The number of hydrogen-bond acceptors (Lipinski definition) is 4. The van der Waals surface area contributed by atoms with E-state index in [9.17, 15) is 8.42 Å². The Bertz CT molecular complexity index is 827. The standard InChI is InChI=1S/C19H25NO4S/c1-14-6-8-15(9-7-14)13-19(2,3)20-25(21,22)18-12-16(23-4)10-11-17(18)24-5/h6-12,20H,13H2,1-5H3.